The zero-order valence-electron chi connectivity index (χ0n) is 12.0. The molecule has 23 heavy (non-hydrogen) atoms. The van der Waals surface area contributed by atoms with Gasteiger partial charge in [0.15, 0.2) is 11.0 Å². The van der Waals surface area contributed by atoms with Crippen LogP contribution in [0.15, 0.2) is 12.5 Å². The maximum Gasteiger partial charge on any atom is 0.427 e. The summed E-state index contributed by atoms with van der Waals surface area (Å²) in [4.78, 5) is 16.6. The minimum absolute atomic E-state index is 0.0778. The number of aryl methyl sites for hydroxylation is 1. The molecule has 3 heterocycles. The number of aromatic nitrogens is 4. The van der Waals surface area contributed by atoms with Crippen LogP contribution < -0.4 is 5.32 Å². The molecule has 1 atom stereocenters. The van der Waals surface area contributed by atoms with Crippen molar-refractivity contribution < 1.29 is 18.0 Å². The largest absolute Gasteiger partial charge is 0.427 e. The lowest BCUT2D eigenvalue weighted by Gasteiger charge is -2.23. The topological polar surface area (TPSA) is 75.9 Å². The molecule has 0 spiro atoms. The van der Waals surface area contributed by atoms with Crippen LogP contribution in [0.3, 0.4) is 0 Å². The Kier molecular flexibility index (Phi) is 3.96. The minimum Gasteiger partial charge on any atom is -0.319 e. The fourth-order valence-corrected chi connectivity index (χ4v) is 3.17. The minimum atomic E-state index is -4.46. The molecule has 7 nitrogen and oxygen atoms in total. The molecule has 3 rings (SSSR count). The van der Waals surface area contributed by atoms with E-state index >= 15 is 0 Å². The first-order chi connectivity index (χ1) is 10.9. The van der Waals surface area contributed by atoms with Crippen molar-refractivity contribution in [2.75, 3.05) is 11.9 Å². The molecular weight excluding hydrogens is 333 g/mol. The van der Waals surface area contributed by atoms with Gasteiger partial charge in [-0.1, -0.05) is 11.3 Å². The van der Waals surface area contributed by atoms with Gasteiger partial charge in [0.05, 0.1) is 12.2 Å². The highest BCUT2D eigenvalue weighted by molar-refractivity contribution is 7.15. The van der Waals surface area contributed by atoms with Crippen molar-refractivity contribution in [3.8, 4) is 0 Å². The van der Waals surface area contributed by atoms with E-state index in [9.17, 15) is 18.0 Å². The van der Waals surface area contributed by atoms with Crippen LogP contribution in [-0.4, -0.2) is 37.2 Å². The number of anilines is 1. The molecule has 1 aliphatic heterocycles. The monoisotopic (exact) mass is 346 g/mol. The van der Waals surface area contributed by atoms with Crippen molar-refractivity contribution in [1.82, 2.24) is 24.6 Å². The zero-order chi connectivity index (χ0) is 16.6. The normalized spacial score (nSPS) is 18.4. The molecule has 1 fully saturated rings. The summed E-state index contributed by atoms with van der Waals surface area (Å²) in [5.41, 5.74) is 0. The second-order valence-corrected chi connectivity index (χ2v) is 6.14. The second kappa shape index (κ2) is 5.80. The van der Waals surface area contributed by atoms with E-state index in [4.69, 9.17) is 0 Å². The van der Waals surface area contributed by atoms with Gasteiger partial charge in [0.25, 0.3) is 0 Å². The number of halogens is 3. The molecule has 1 saturated heterocycles. The third-order valence-electron chi connectivity index (χ3n) is 3.56. The second-order valence-electron chi connectivity index (χ2n) is 5.11. The number of carbonyl (C=O) groups excluding carboxylic acids is 1. The maximum atomic E-state index is 12.6. The summed E-state index contributed by atoms with van der Waals surface area (Å²) in [6.07, 6.45) is -0.692. The highest BCUT2D eigenvalue weighted by atomic mass is 32.1. The number of rotatable bonds is 2. The van der Waals surface area contributed by atoms with Gasteiger partial charge < -0.3 is 9.47 Å². The van der Waals surface area contributed by atoms with E-state index in [2.05, 4.69) is 20.5 Å². The quantitative estimate of drug-likeness (QED) is 0.907. The number of alkyl halides is 3. The third kappa shape index (κ3) is 3.14. The number of carbonyl (C=O) groups is 1. The number of hydrogen-bond acceptors (Lipinski definition) is 5. The fourth-order valence-electron chi connectivity index (χ4n) is 2.50. The molecule has 0 radical (unpaired) electrons. The van der Waals surface area contributed by atoms with E-state index in [0.717, 1.165) is 12.8 Å². The van der Waals surface area contributed by atoms with Gasteiger partial charge in [-0.2, -0.15) is 13.2 Å². The predicted molar refractivity (Wildman–Crippen MR) is 75.8 cm³/mol. The Morgan fingerprint density at radius 2 is 2.26 bits per heavy atom. The van der Waals surface area contributed by atoms with E-state index in [0.29, 0.717) is 29.9 Å². The van der Waals surface area contributed by atoms with Crippen molar-refractivity contribution >= 4 is 22.5 Å². The number of urea groups is 1. The van der Waals surface area contributed by atoms with Crippen LogP contribution in [0, 0.1) is 0 Å². The highest BCUT2D eigenvalue weighted by Gasteiger charge is 2.35. The van der Waals surface area contributed by atoms with Crippen molar-refractivity contribution in [3.63, 3.8) is 0 Å². The number of hydrogen-bond donors (Lipinski definition) is 1. The van der Waals surface area contributed by atoms with Gasteiger partial charge in [-0.05, 0) is 12.8 Å². The highest BCUT2D eigenvalue weighted by Crippen LogP contribution is 2.36. The van der Waals surface area contributed by atoms with Crippen molar-refractivity contribution in [2.45, 2.75) is 25.1 Å². The summed E-state index contributed by atoms with van der Waals surface area (Å²) in [6.45, 7) is 0.501. The summed E-state index contributed by atoms with van der Waals surface area (Å²) in [6, 6.07) is -0.733. The molecule has 1 N–H and O–H groups in total. The number of thiazole rings is 1. The molecule has 0 aromatic carbocycles. The van der Waals surface area contributed by atoms with Crippen molar-refractivity contribution in [3.05, 3.63) is 23.2 Å². The number of nitrogens with zero attached hydrogens (tertiary/aromatic N) is 5. The Morgan fingerprint density at radius 3 is 2.87 bits per heavy atom. The lowest BCUT2D eigenvalue weighted by molar-refractivity contribution is -0.134. The Bertz CT molecular complexity index is 712. The first-order valence-electron chi connectivity index (χ1n) is 6.81. The summed E-state index contributed by atoms with van der Waals surface area (Å²) in [5.74, 6) is 0.646. The Balaban J connectivity index is 1.73. The summed E-state index contributed by atoms with van der Waals surface area (Å²) in [5, 5.41) is 10.1. The summed E-state index contributed by atoms with van der Waals surface area (Å²) < 4.78 is 39.4. The maximum absolute atomic E-state index is 12.6. The smallest absolute Gasteiger partial charge is 0.319 e. The van der Waals surface area contributed by atoms with Gasteiger partial charge in [-0.15, -0.1) is 10.2 Å². The van der Waals surface area contributed by atoms with E-state index in [-0.39, 0.29) is 11.2 Å². The molecule has 2 aromatic heterocycles. The van der Waals surface area contributed by atoms with E-state index < -0.39 is 17.1 Å². The standard InChI is InChI=1S/C12H13F3N6OS/c1-20-6-17-19-9(20)7-3-2-4-21(7)11(22)18-10-16-5-8(23-10)12(13,14)15/h5-7H,2-4H2,1H3,(H,16,18,22)/t7-/m1/s1. The molecule has 0 bridgehead atoms. The lowest BCUT2D eigenvalue weighted by atomic mass is 10.2. The Hall–Kier alpha value is -2.17. The molecule has 1 aliphatic rings. The molecule has 0 unspecified atom stereocenters. The molecule has 0 saturated carbocycles. The number of amides is 2. The molecular formula is C12H13F3N6OS. The molecule has 11 heteroatoms. The van der Waals surface area contributed by atoms with E-state index in [1.165, 1.54) is 0 Å². The molecule has 2 aromatic rings. The van der Waals surface area contributed by atoms with Crippen LogP contribution in [0.4, 0.5) is 23.1 Å². The van der Waals surface area contributed by atoms with Crippen molar-refractivity contribution in [1.29, 1.82) is 0 Å². The van der Waals surface area contributed by atoms with E-state index in [1.807, 2.05) is 0 Å². The molecule has 124 valence electrons. The number of likely N-dealkylation sites (tertiary alicyclic amines) is 1. The predicted octanol–water partition coefficient (Wildman–Crippen LogP) is 2.66. The average molecular weight is 346 g/mol. The van der Waals surface area contributed by atoms with Crippen LogP contribution in [0.1, 0.15) is 29.6 Å². The van der Waals surface area contributed by atoms with Gasteiger partial charge in [-0.3, -0.25) is 5.32 Å². The Morgan fingerprint density at radius 1 is 1.48 bits per heavy atom. The third-order valence-corrected chi connectivity index (χ3v) is 4.51. The van der Waals surface area contributed by atoms with Crippen LogP contribution in [0.25, 0.3) is 0 Å². The van der Waals surface area contributed by atoms with Gasteiger partial charge in [0.2, 0.25) is 0 Å². The van der Waals surface area contributed by atoms with Crippen LogP contribution >= 0.6 is 11.3 Å². The fraction of sp³-hybridized carbons (Fsp3) is 0.500. The van der Waals surface area contributed by atoms with Crippen LogP contribution in [-0.2, 0) is 13.2 Å². The van der Waals surface area contributed by atoms with Gasteiger partial charge >= 0.3 is 12.2 Å². The number of nitrogens with one attached hydrogen (secondary N) is 1. The first kappa shape index (κ1) is 15.7. The average Bonchev–Trinajstić information content (AvgIpc) is 3.16. The van der Waals surface area contributed by atoms with Gasteiger partial charge in [-0.25, -0.2) is 9.78 Å². The van der Waals surface area contributed by atoms with E-state index in [1.54, 1.807) is 22.8 Å². The zero-order valence-corrected chi connectivity index (χ0v) is 12.9. The first-order valence-corrected chi connectivity index (χ1v) is 7.62. The molecule has 2 amide bonds. The van der Waals surface area contributed by atoms with Crippen molar-refractivity contribution in [2.24, 2.45) is 7.05 Å². The summed E-state index contributed by atoms with van der Waals surface area (Å²) >= 11 is 0.401. The van der Waals surface area contributed by atoms with Gasteiger partial charge in [0, 0.05) is 13.6 Å². The van der Waals surface area contributed by atoms with Crippen LogP contribution in [0.5, 0.6) is 0 Å². The summed E-state index contributed by atoms with van der Waals surface area (Å²) in [7, 11) is 1.78. The van der Waals surface area contributed by atoms with Gasteiger partial charge in [0.1, 0.15) is 11.2 Å². The Labute approximate surface area is 133 Å². The molecule has 0 aliphatic carbocycles. The van der Waals surface area contributed by atoms with Crippen LogP contribution in [0.2, 0.25) is 0 Å². The lowest BCUT2D eigenvalue weighted by Crippen LogP contribution is -2.35. The SMILES string of the molecule is Cn1cnnc1[C@H]1CCCN1C(=O)Nc1ncc(C(F)(F)F)s1.